The number of carbonyl (C=O) groups is 1. The number of aromatic nitrogens is 2. The Kier molecular flexibility index (Phi) is 3.62. The molecular formula is C13H17N3O2. The van der Waals surface area contributed by atoms with Gasteiger partial charge in [0, 0.05) is 5.69 Å². The number of imidazole rings is 1. The summed E-state index contributed by atoms with van der Waals surface area (Å²) in [6, 6.07) is 5.57. The third-order valence-corrected chi connectivity index (χ3v) is 2.43. The van der Waals surface area contributed by atoms with Crippen LogP contribution in [0.15, 0.2) is 18.2 Å². The second kappa shape index (κ2) is 5.18. The van der Waals surface area contributed by atoms with Gasteiger partial charge >= 0.3 is 0 Å². The van der Waals surface area contributed by atoms with Gasteiger partial charge in [-0.2, -0.15) is 0 Å². The zero-order chi connectivity index (χ0) is 13.1. The van der Waals surface area contributed by atoms with E-state index in [2.05, 4.69) is 15.3 Å². The molecule has 5 heteroatoms. The molecule has 0 aliphatic heterocycles. The molecule has 0 aliphatic rings. The molecule has 1 heterocycles. The molecule has 5 nitrogen and oxygen atoms in total. The fourth-order valence-corrected chi connectivity index (χ4v) is 1.65. The fraction of sp³-hybridized carbons (Fsp3) is 0.385. The van der Waals surface area contributed by atoms with E-state index in [1.807, 2.05) is 39.0 Å². The largest absolute Gasteiger partial charge is 0.369 e. The molecule has 1 aromatic heterocycles. The topological polar surface area (TPSA) is 67.0 Å². The molecular weight excluding hydrogens is 230 g/mol. The molecule has 2 N–H and O–H groups in total. The first-order chi connectivity index (χ1) is 8.54. The van der Waals surface area contributed by atoms with E-state index in [1.165, 1.54) is 0 Å². The van der Waals surface area contributed by atoms with Crippen molar-refractivity contribution in [3.8, 4) is 0 Å². The van der Waals surface area contributed by atoms with Crippen molar-refractivity contribution in [2.24, 2.45) is 0 Å². The Morgan fingerprint density at radius 3 is 3.00 bits per heavy atom. The summed E-state index contributed by atoms with van der Waals surface area (Å²) in [7, 11) is 0. The van der Waals surface area contributed by atoms with E-state index in [9.17, 15) is 4.79 Å². The lowest BCUT2D eigenvalue weighted by Gasteiger charge is -2.08. The van der Waals surface area contributed by atoms with Crippen LogP contribution in [0, 0.1) is 6.92 Å². The summed E-state index contributed by atoms with van der Waals surface area (Å²) in [4.78, 5) is 19.0. The Bertz CT molecular complexity index is 560. The maximum Gasteiger partial charge on any atom is 0.250 e. The summed E-state index contributed by atoms with van der Waals surface area (Å²) in [5.74, 6) is 0.705. The van der Waals surface area contributed by atoms with Gasteiger partial charge in [0.2, 0.25) is 5.91 Å². The summed E-state index contributed by atoms with van der Waals surface area (Å²) < 4.78 is 5.24. The van der Waals surface area contributed by atoms with Gasteiger partial charge in [0.05, 0.1) is 17.1 Å². The minimum atomic E-state index is -0.153. The molecule has 2 rings (SSSR count). The summed E-state index contributed by atoms with van der Waals surface area (Å²) in [6.45, 7) is 5.76. The number of fused-ring (bicyclic) bond motifs is 1. The fourth-order valence-electron chi connectivity index (χ4n) is 1.65. The highest BCUT2D eigenvalue weighted by molar-refractivity contribution is 5.93. The van der Waals surface area contributed by atoms with E-state index < -0.39 is 0 Å². The highest BCUT2D eigenvalue weighted by Gasteiger charge is 2.06. The van der Waals surface area contributed by atoms with Gasteiger partial charge in [-0.3, -0.25) is 4.79 Å². The van der Waals surface area contributed by atoms with Crippen molar-refractivity contribution in [1.29, 1.82) is 0 Å². The maximum absolute atomic E-state index is 11.6. The average Bonchev–Trinajstić information content (AvgIpc) is 2.66. The first-order valence-electron chi connectivity index (χ1n) is 5.92. The van der Waals surface area contributed by atoms with Gasteiger partial charge in [0.1, 0.15) is 12.4 Å². The number of amides is 1. The minimum absolute atomic E-state index is 0.0495. The highest BCUT2D eigenvalue weighted by atomic mass is 16.5. The van der Waals surface area contributed by atoms with Crippen LogP contribution in [0.4, 0.5) is 5.69 Å². The van der Waals surface area contributed by atoms with Crippen LogP contribution in [0.5, 0.6) is 0 Å². The quantitative estimate of drug-likeness (QED) is 0.870. The number of hydrogen-bond acceptors (Lipinski definition) is 3. The van der Waals surface area contributed by atoms with E-state index in [4.69, 9.17) is 4.74 Å². The Morgan fingerprint density at radius 1 is 1.50 bits per heavy atom. The monoisotopic (exact) mass is 247 g/mol. The Hall–Kier alpha value is -1.88. The second-order valence-corrected chi connectivity index (χ2v) is 4.46. The maximum atomic E-state index is 11.6. The van der Waals surface area contributed by atoms with Crippen LogP contribution < -0.4 is 5.32 Å². The van der Waals surface area contributed by atoms with Crippen LogP contribution in [-0.4, -0.2) is 28.6 Å². The van der Waals surface area contributed by atoms with Gasteiger partial charge < -0.3 is 15.0 Å². The number of H-pyrrole nitrogens is 1. The summed E-state index contributed by atoms with van der Waals surface area (Å²) >= 11 is 0. The van der Waals surface area contributed by atoms with Crippen LogP contribution in [0.3, 0.4) is 0 Å². The second-order valence-electron chi connectivity index (χ2n) is 4.46. The lowest BCUT2D eigenvalue weighted by atomic mass is 10.3. The van der Waals surface area contributed by atoms with Crippen LogP contribution in [0.2, 0.25) is 0 Å². The van der Waals surface area contributed by atoms with E-state index >= 15 is 0 Å². The molecule has 0 atom stereocenters. The number of aryl methyl sites for hydroxylation is 1. The molecule has 96 valence electrons. The van der Waals surface area contributed by atoms with Crippen molar-refractivity contribution in [2.75, 3.05) is 11.9 Å². The van der Waals surface area contributed by atoms with Gasteiger partial charge in [-0.05, 0) is 39.0 Å². The number of nitrogens with one attached hydrogen (secondary N) is 2. The van der Waals surface area contributed by atoms with Gasteiger partial charge in [-0.15, -0.1) is 0 Å². The van der Waals surface area contributed by atoms with Gasteiger partial charge in [-0.25, -0.2) is 4.98 Å². The number of ether oxygens (including phenoxy) is 1. The van der Waals surface area contributed by atoms with E-state index in [1.54, 1.807) is 0 Å². The number of carbonyl (C=O) groups excluding carboxylic acids is 1. The van der Waals surface area contributed by atoms with Crippen molar-refractivity contribution >= 4 is 22.6 Å². The molecule has 18 heavy (non-hydrogen) atoms. The van der Waals surface area contributed by atoms with Crippen molar-refractivity contribution in [3.05, 3.63) is 24.0 Å². The van der Waals surface area contributed by atoms with E-state index in [-0.39, 0.29) is 18.6 Å². The Balaban J connectivity index is 2.05. The third-order valence-electron chi connectivity index (χ3n) is 2.43. The molecule has 0 saturated carbocycles. The number of benzene rings is 1. The number of anilines is 1. The molecule has 0 saturated heterocycles. The zero-order valence-corrected chi connectivity index (χ0v) is 10.8. The molecule has 2 aromatic rings. The van der Waals surface area contributed by atoms with Crippen LogP contribution in [0.25, 0.3) is 11.0 Å². The van der Waals surface area contributed by atoms with Crippen molar-refractivity contribution in [3.63, 3.8) is 0 Å². The summed E-state index contributed by atoms with van der Waals surface area (Å²) in [5, 5.41) is 2.79. The molecule has 0 aliphatic carbocycles. The molecule has 0 unspecified atom stereocenters. The summed E-state index contributed by atoms with van der Waals surface area (Å²) in [6.07, 6.45) is 0.0495. The van der Waals surface area contributed by atoms with E-state index in [0.29, 0.717) is 0 Å². The van der Waals surface area contributed by atoms with Crippen molar-refractivity contribution < 1.29 is 9.53 Å². The number of rotatable bonds is 4. The Morgan fingerprint density at radius 2 is 2.28 bits per heavy atom. The van der Waals surface area contributed by atoms with Gasteiger partial charge in [0.15, 0.2) is 0 Å². The van der Waals surface area contributed by atoms with Crippen molar-refractivity contribution in [2.45, 2.75) is 26.9 Å². The normalized spacial score (nSPS) is 11.1. The first-order valence-corrected chi connectivity index (χ1v) is 5.92. The molecule has 0 fully saturated rings. The number of aromatic amines is 1. The minimum Gasteiger partial charge on any atom is -0.369 e. The highest BCUT2D eigenvalue weighted by Crippen LogP contribution is 2.16. The van der Waals surface area contributed by atoms with Crippen LogP contribution in [-0.2, 0) is 9.53 Å². The smallest absolute Gasteiger partial charge is 0.250 e. The SMILES string of the molecule is Cc1nc2ccc(NC(=O)COC(C)C)cc2[nH]1. The lowest BCUT2D eigenvalue weighted by Crippen LogP contribution is -2.20. The zero-order valence-electron chi connectivity index (χ0n) is 10.8. The first kappa shape index (κ1) is 12.6. The van der Waals surface area contributed by atoms with Crippen LogP contribution >= 0.6 is 0 Å². The van der Waals surface area contributed by atoms with E-state index in [0.717, 1.165) is 22.5 Å². The molecule has 1 aromatic carbocycles. The average molecular weight is 247 g/mol. The number of nitrogens with zero attached hydrogens (tertiary/aromatic N) is 1. The van der Waals surface area contributed by atoms with Gasteiger partial charge in [-0.1, -0.05) is 0 Å². The summed E-state index contributed by atoms with van der Waals surface area (Å²) in [5.41, 5.74) is 2.54. The van der Waals surface area contributed by atoms with Gasteiger partial charge in [0.25, 0.3) is 0 Å². The lowest BCUT2D eigenvalue weighted by molar-refractivity contribution is -0.121. The number of hydrogen-bond donors (Lipinski definition) is 2. The third kappa shape index (κ3) is 3.07. The molecule has 0 bridgehead atoms. The molecule has 0 radical (unpaired) electrons. The predicted octanol–water partition coefficient (Wildman–Crippen LogP) is 2.23. The van der Waals surface area contributed by atoms with Crippen LogP contribution in [0.1, 0.15) is 19.7 Å². The predicted molar refractivity (Wildman–Crippen MR) is 70.5 cm³/mol. The molecule has 0 spiro atoms. The molecule has 1 amide bonds. The standard InChI is InChI=1S/C13H17N3O2/c1-8(2)18-7-13(17)16-10-4-5-11-12(6-10)15-9(3)14-11/h4-6,8H,7H2,1-3H3,(H,14,15)(H,16,17). The van der Waals surface area contributed by atoms with Crippen molar-refractivity contribution in [1.82, 2.24) is 9.97 Å². The Labute approximate surface area is 106 Å².